The predicted octanol–water partition coefficient (Wildman–Crippen LogP) is 15.5. The molecular formula is C63H54N3OP. The van der Waals surface area contributed by atoms with Crippen LogP contribution in [0.1, 0.15) is 43.2 Å². The standard InChI is InChI=1S/C63H54N3OP/c1-68(2,67)59-15-9-14-54(41-59)50-28-32-55(33-29-50)63(57-37-42-36-43(39-57)40-58(63)38-42)56-34-30-53(31-35-56)62-65-60(51-24-20-47(21-25-51)45-12-7-4-8-13-45)64-61(66-62)52-26-22-49(23-27-52)48-18-16-46(17-19-48)44-10-5-3-6-11-44/h3-35,41-43,57-58H,36-40H2,1-2H3. The summed E-state index contributed by atoms with van der Waals surface area (Å²) in [5.41, 5.74) is 15.0. The fourth-order valence-electron chi connectivity index (χ4n) is 12.4. The highest BCUT2D eigenvalue weighted by atomic mass is 31.2. The molecule has 0 spiro atoms. The van der Waals surface area contributed by atoms with Crippen molar-refractivity contribution in [3.05, 3.63) is 217 Å². The molecule has 1 heterocycles. The Morgan fingerprint density at radius 2 is 0.662 bits per heavy atom. The fourth-order valence-corrected chi connectivity index (χ4v) is 13.3. The van der Waals surface area contributed by atoms with E-state index in [0.29, 0.717) is 29.3 Å². The van der Waals surface area contributed by atoms with Gasteiger partial charge in [-0.15, -0.1) is 0 Å². The van der Waals surface area contributed by atoms with Gasteiger partial charge in [0.15, 0.2) is 17.5 Å². The predicted molar refractivity (Wildman–Crippen MR) is 281 cm³/mol. The second-order valence-electron chi connectivity index (χ2n) is 20.0. The third kappa shape index (κ3) is 7.85. The minimum atomic E-state index is -2.37. The molecule has 4 saturated carbocycles. The van der Waals surface area contributed by atoms with E-state index in [-0.39, 0.29) is 5.41 Å². The minimum absolute atomic E-state index is 0.0611. The van der Waals surface area contributed by atoms with Gasteiger partial charge in [0, 0.05) is 27.4 Å². The summed E-state index contributed by atoms with van der Waals surface area (Å²) >= 11 is 0. The van der Waals surface area contributed by atoms with E-state index in [1.165, 1.54) is 65.5 Å². The summed E-state index contributed by atoms with van der Waals surface area (Å²) in [5.74, 6) is 4.84. The first-order valence-electron chi connectivity index (χ1n) is 24.3. The van der Waals surface area contributed by atoms with Crippen LogP contribution < -0.4 is 5.30 Å². The van der Waals surface area contributed by atoms with Crippen molar-refractivity contribution in [3.8, 4) is 78.7 Å². The van der Waals surface area contributed by atoms with E-state index in [2.05, 4.69) is 188 Å². The average Bonchev–Trinajstić information content (AvgIpc) is 3.39. The maximum Gasteiger partial charge on any atom is 0.164 e. The van der Waals surface area contributed by atoms with Crippen molar-refractivity contribution >= 4 is 12.4 Å². The van der Waals surface area contributed by atoms with Gasteiger partial charge < -0.3 is 4.57 Å². The van der Waals surface area contributed by atoms with Crippen molar-refractivity contribution in [3.63, 3.8) is 0 Å². The molecule has 8 aromatic carbocycles. The average molecular weight is 900 g/mol. The lowest BCUT2D eigenvalue weighted by Crippen LogP contribution is -2.56. The van der Waals surface area contributed by atoms with Gasteiger partial charge in [-0.05, 0) is 131 Å². The monoisotopic (exact) mass is 899 g/mol. The highest BCUT2D eigenvalue weighted by molar-refractivity contribution is 7.70. The number of hydrogen-bond donors (Lipinski definition) is 0. The number of hydrogen-bond acceptors (Lipinski definition) is 4. The number of benzene rings is 8. The molecule has 4 nitrogen and oxygen atoms in total. The molecule has 0 unspecified atom stereocenters. The van der Waals surface area contributed by atoms with Crippen molar-refractivity contribution in [2.75, 3.05) is 13.3 Å². The van der Waals surface area contributed by atoms with Crippen molar-refractivity contribution in [2.24, 2.45) is 23.7 Å². The highest BCUT2D eigenvalue weighted by Crippen LogP contribution is 2.65. The van der Waals surface area contributed by atoms with Crippen LogP contribution in [0.3, 0.4) is 0 Å². The van der Waals surface area contributed by atoms with Gasteiger partial charge >= 0.3 is 0 Å². The van der Waals surface area contributed by atoms with Gasteiger partial charge in [-0.25, -0.2) is 15.0 Å². The summed E-state index contributed by atoms with van der Waals surface area (Å²) in [6.45, 7) is 3.71. The van der Waals surface area contributed by atoms with Crippen LogP contribution in [-0.4, -0.2) is 28.3 Å². The molecule has 0 N–H and O–H groups in total. The topological polar surface area (TPSA) is 55.7 Å². The molecule has 5 heteroatoms. The Labute approximate surface area is 400 Å². The zero-order chi connectivity index (χ0) is 45.8. The Morgan fingerprint density at radius 1 is 0.353 bits per heavy atom. The van der Waals surface area contributed by atoms with Gasteiger partial charge in [-0.1, -0.05) is 200 Å². The van der Waals surface area contributed by atoms with Crippen LogP contribution in [-0.2, 0) is 9.98 Å². The largest absolute Gasteiger partial charge is 0.319 e. The first-order valence-corrected chi connectivity index (χ1v) is 26.9. The van der Waals surface area contributed by atoms with E-state index in [4.69, 9.17) is 15.0 Å². The van der Waals surface area contributed by atoms with Crippen molar-refractivity contribution in [2.45, 2.75) is 37.5 Å². The van der Waals surface area contributed by atoms with E-state index in [0.717, 1.165) is 56.1 Å². The van der Waals surface area contributed by atoms with Gasteiger partial charge in [-0.3, -0.25) is 0 Å². The lowest BCUT2D eigenvalue weighted by molar-refractivity contribution is -0.0418. The Kier molecular flexibility index (Phi) is 10.8. The van der Waals surface area contributed by atoms with E-state index < -0.39 is 7.14 Å². The van der Waals surface area contributed by atoms with E-state index in [1.54, 1.807) is 0 Å². The summed E-state index contributed by atoms with van der Waals surface area (Å²) in [6.07, 6.45) is 6.58. The normalized spacial score (nSPS) is 20.6. The summed E-state index contributed by atoms with van der Waals surface area (Å²) < 4.78 is 13.0. The van der Waals surface area contributed by atoms with Crippen LogP contribution in [0.4, 0.5) is 0 Å². The van der Waals surface area contributed by atoms with Gasteiger partial charge in [0.25, 0.3) is 0 Å². The Balaban J connectivity index is 0.907. The molecule has 4 aliphatic carbocycles. The van der Waals surface area contributed by atoms with Gasteiger partial charge in [0.05, 0.1) is 0 Å². The third-order valence-electron chi connectivity index (χ3n) is 15.6. The number of rotatable bonds is 10. The van der Waals surface area contributed by atoms with Crippen molar-refractivity contribution < 1.29 is 4.57 Å². The first-order chi connectivity index (χ1) is 33.2. The highest BCUT2D eigenvalue weighted by Gasteiger charge is 2.58. The molecular weight excluding hydrogens is 846 g/mol. The van der Waals surface area contributed by atoms with Gasteiger partial charge in [0.2, 0.25) is 0 Å². The van der Waals surface area contributed by atoms with Crippen molar-refractivity contribution in [1.82, 2.24) is 15.0 Å². The second-order valence-corrected chi connectivity index (χ2v) is 23.2. The molecule has 0 amide bonds. The maximum atomic E-state index is 13.0. The molecule has 0 atom stereocenters. The Bertz CT molecular complexity index is 3260. The summed E-state index contributed by atoms with van der Waals surface area (Å²) in [4.78, 5) is 15.6. The zero-order valence-electron chi connectivity index (χ0n) is 38.7. The minimum Gasteiger partial charge on any atom is -0.319 e. The van der Waals surface area contributed by atoms with E-state index in [1.807, 2.05) is 31.5 Å². The van der Waals surface area contributed by atoms with Gasteiger partial charge in [0.1, 0.15) is 7.14 Å². The molecule has 0 radical (unpaired) electrons. The molecule has 0 saturated heterocycles. The fraction of sp³-hybridized carbons (Fsp3) is 0.190. The molecule has 4 bridgehead atoms. The summed E-state index contributed by atoms with van der Waals surface area (Å²) in [5, 5.41) is 0.925. The summed E-state index contributed by atoms with van der Waals surface area (Å²) in [6, 6.07) is 74.0. The molecule has 1 aromatic heterocycles. The molecule has 332 valence electrons. The second kappa shape index (κ2) is 17.3. The smallest absolute Gasteiger partial charge is 0.164 e. The lowest BCUT2D eigenvalue weighted by atomic mass is 9.42. The third-order valence-corrected chi connectivity index (χ3v) is 17.1. The quantitative estimate of drug-likeness (QED) is 0.128. The maximum absolute atomic E-state index is 13.0. The van der Waals surface area contributed by atoms with Gasteiger partial charge in [-0.2, -0.15) is 0 Å². The molecule has 9 aromatic rings. The summed E-state index contributed by atoms with van der Waals surface area (Å²) in [7, 11) is -2.37. The Morgan fingerprint density at radius 3 is 1.04 bits per heavy atom. The number of aromatic nitrogens is 3. The Hall–Kier alpha value is -7.00. The van der Waals surface area contributed by atoms with E-state index in [9.17, 15) is 4.57 Å². The molecule has 0 aliphatic heterocycles. The molecule has 68 heavy (non-hydrogen) atoms. The van der Waals surface area contributed by atoms with E-state index >= 15 is 0 Å². The first kappa shape index (κ1) is 42.4. The molecule has 4 aliphatic rings. The van der Waals surface area contributed by atoms with Crippen LogP contribution >= 0.6 is 7.14 Å². The molecule has 13 rings (SSSR count). The van der Waals surface area contributed by atoms with Crippen LogP contribution in [0.15, 0.2) is 206 Å². The zero-order valence-corrected chi connectivity index (χ0v) is 39.6. The van der Waals surface area contributed by atoms with Crippen LogP contribution in [0.25, 0.3) is 78.7 Å². The number of nitrogens with zero attached hydrogens (tertiary/aromatic N) is 3. The lowest BCUT2D eigenvalue weighted by Gasteiger charge is -2.62. The molecule has 4 fully saturated rings. The van der Waals surface area contributed by atoms with Crippen LogP contribution in [0.5, 0.6) is 0 Å². The SMILES string of the molecule is CP(C)(=O)c1cccc(-c2ccc(C3(c4ccc(-c5nc(-c6ccc(-c7ccccc7)cc6)nc(-c6ccc(-c7ccc(-c8ccccc8)cc7)cc6)n5)cc4)C4CC5CC(C4)CC3C5)cc2)c1. The van der Waals surface area contributed by atoms with Crippen LogP contribution in [0, 0.1) is 23.7 Å². The van der Waals surface area contributed by atoms with Crippen molar-refractivity contribution in [1.29, 1.82) is 0 Å². The van der Waals surface area contributed by atoms with Crippen LogP contribution in [0.2, 0.25) is 0 Å².